The lowest BCUT2D eigenvalue weighted by molar-refractivity contribution is 0.269. The Balaban J connectivity index is 1.71. The fourth-order valence-corrected chi connectivity index (χ4v) is 3.39. The Labute approximate surface area is 166 Å². The van der Waals surface area contributed by atoms with Crippen LogP contribution in [0.25, 0.3) is 0 Å². The van der Waals surface area contributed by atoms with Crippen LogP contribution in [0.15, 0.2) is 48.0 Å². The highest BCUT2D eigenvalue weighted by Crippen LogP contribution is 2.32. The minimum atomic E-state index is 0.273. The molecule has 136 valence electrons. The molecule has 0 amide bonds. The molecule has 0 aliphatic carbocycles. The average Bonchev–Trinajstić information content (AvgIpc) is 3.15. The number of hydrogen-bond donors (Lipinski definition) is 1. The van der Waals surface area contributed by atoms with E-state index in [1.807, 2.05) is 36.6 Å². The van der Waals surface area contributed by atoms with Crippen LogP contribution in [0.2, 0.25) is 10.0 Å². The van der Waals surface area contributed by atoms with Gasteiger partial charge in [0.2, 0.25) is 0 Å². The lowest BCUT2D eigenvalue weighted by Gasteiger charge is -2.15. The average molecular weight is 409 g/mol. The third-order valence-electron chi connectivity index (χ3n) is 3.62. The zero-order valence-electron chi connectivity index (χ0n) is 14.2. The molecule has 3 aromatic rings. The van der Waals surface area contributed by atoms with Gasteiger partial charge in [0.1, 0.15) is 6.61 Å². The van der Waals surface area contributed by atoms with E-state index < -0.39 is 0 Å². The SMILES string of the molecule is CCOc1cc(CNc2nccs2)ccc1OCc1c(Cl)cccc1Cl. The van der Waals surface area contributed by atoms with E-state index in [-0.39, 0.29) is 6.61 Å². The highest BCUT2D eigenvalue weighted by molar-refractivity contribution is 7.13. The van der Waals surface area contributed by atoms with Gasteiger partial charge in [0.05, 0.1) is 6.61 Å². The van der Waals surface area contributed by atoms with Crippen LogP contribution in [0.5, 0.6) is 11.5 Å². The minimum absolute atomic E-state index is 0.273. The third-order valence-corrected chi connectivity index (χ3v) is 5.06. The number of anilines is 1. The Morgan fingerprint density at radius 3 is 2.58 bits per heavy atom. The molecule has 3 rings (SSSR count). The first-order valence-electron chi connectivity index (χ1n) is 8.12. The Kier molecular flexibility index (Phi) is 6.61. The number of rotatable bonds is 8. The summed E-state index contributed by atoms with van der Waals surface area (Å²) in [5.74, 6) is 1.34. The van der Waals surface area contributed by atoms with Gasteiger partial charge >= 0.3 is 0 Å². The molecule has 1 heterocycles. The summed E-state index contributed by atoms with van der Waals surface area (Å²) >= 11 is 14.0. The van der Waals surface area contributed by atoms with Crippen molar-refractivity contribution < 1.29 is 9.47 Å². The molecule has 0 bridgehead atoms. The van der Waals surface area contributed by atoms with Gasteiger partial charge < -0.3 is 14.8 Å². The predicted molar refractivity (Wildman–Crippen MR) is 108 cm³/mol. The molecule has 0 saturated heterocycles. The number of halogens is 2. The first-order valence-corrected chi connectivity index (χ1v) is 9.75. The largest absolute Gasteiger partial charge is 0.490 e. The van der Waals surface area contributed by atoms with Gasteiger partial charge in [-0.15, -0.1) is 11.3 Å². The van der Waals surface area contributed by atoms with E-state index in [4.69, 9.17) is 32.7 Å². The quantitative estimate of drug-likeness (QED) is 0.493. The van der Waals surface area contributed by atoms with Crippen LogP contribution < -0.4 is 14.8 Å². The lowest BCUT2D eigenvalue weighted by Crippen LogP contribution is -2.03. The van der Waals surface area contributed by atoms with Gasteiger partial charge in [-0.25, -0.2) is 4.98 Å². The fourth-order valence-electron chi connectivity index (χ4n) is 2.36. The van der Waals surface area contributed by atoms with Crippen LogP contribution in [-0.2, 0) is 13.2 Å². The van der Waals surface area contributed by atoms with Crippen LogP contribution in [0.1, 0.15) is 18.1 Å². The zero-order valence-corrected chi connectivity index (χ0v) is 16.5. The first-order chi connectivity index (χ1) is 12.7. The molecule has 0 fully saturated rings. The van der Waals surface area contributed by atoms with Crippen LogP contribution >= 0.6 is 34.5 Å². The number of ether oxygens (including phenoxy) is 2. The minimum Gasteiger partial charge on any atom is -0.490 e. The summed E-state index contributed by atoms with van der Waals surface area (Å²) in [7, 11) is 0. The van der Waals surface area contributed by atoms with Gasteiger partial charge in [-0.3, -0.25) is 0 Å². The second-order valence-electron chi connectivity index (χ2n) is 5.39. The van der Waals surface area contributed by atoms with Gasteiger partial charge in [-0.1, -0.05) is 35.3 Å². The lowest BCUT2D eigenvalue weighted by atomic mass is 10.2. The first kappa shape index (κ1) is 18.8. The molecule has 4 nitrogen and oxygen atoms in total. The molecule has 0 radical (unpaired) electrons. The fraction of sp³-hybridized carbons (Fsp3) is 0.211. The molecule has 0 spiro atoms. The summed E-state index contributed by atoms with van der Waals surface area (Å²) in [6, 6.07) is 11.3. The summed E-state index contributed by atoms with van der Waals surface area (Å²) in [5.41, 5.74) is 1.83. The molecule has 0 aliphatic rings. The van der Waals surface area contributed by atoms with Crippen molar-refractivity contribution in [3.8, 4) is 11.5 Å². The smallest absolute Gasteiger partial charge is 0.182 e. The van der Waals surface area contributed by atoms with Crippen molar-refractivity contribution in [3.63, 3.8) is 0 Å². The summed E-state index contributed by atoms with van der Waals surface area (Å²) in [6.07, 6.45) is 1.77. The molecular weight excluding hydrogens is 391 g/mol. The number of benzene rings is 2. The summed E-state index contributed by atoms with van der Waals surface area (Å²) < 4.78 is 11.7. The van der Waals surface area contributed by atoms with Crippen molar-refractivity contribution >= 4 is 39.7 Å². The van der Waals surface area contributed by atoms with E-state index in [0.29, 0.717) is 34.7 Å². The topological polar surface area (TPSA) is 43.4 Å². The monoisotopic (exact) mass is 408 g/mol. The molecule has 1 aromatic heterocycles. The maximum absolute atomic E-state index is 6.20. The van der Waals surface area contributed by atoms with E-state index >= 15 is 0 Å². The number of nitrogens with zero attached hydrogens (tertiary/aromatic N) is 1. The summed E-state index contributed by atoms with van der Waals surface area (Å²) in [5, 5.41) is 7.27. The van der Waals surface area contributed by atoms with Crippen molar-refractivity contribution in [2.75, 3.05) is 11.9 Å². The predicted octanol–water partition coefficient (Wildman–Crippen LogP) is 6.04. The molecular formula is C19H18Cl2N2O2S. The molecule has 0 aliphatic heterocycles. The molecule has 2 aromatic carbocycles. The van der Waals surface area contributed by atoms with E-state index in [1.54, 1.807) is 29.7 Å². The second-order valence-corrected chi connectivity index (χ2v) is 7.10. The van der Waals surface area contributed by atoms with Gasteiger partial charge in [-0.05, 0) is 36.8 Å². The Morgan fingerprint density at radius 2 is 1.88 bits per heavy atom. The van der Waals surface area contributed by atoms with Gasteiger partial charge in [0, 0.05) is 33.7 Å². The summed E-state index contributed by atoms with van der Waals surface area (Å²) in [4.78, 5) is 4.21. The molecule has 26 heavy (non-hydrogen) atoms. The van der Waals surface area contributed by atoms with Crippen molar-refractivity contribution in [1.29, 1.82) is 0 Å². The number of aromatic nitrogens is 1. The van der Waals surface area contributed by atoms with Gasteiger partial charge in [0.25, 0.3) is 0 Å². The van der Waals surface area contributed by atoms with Gasteiger partial charge in [-0.2, -0.15) is 0 Å². The third kappa shape index (κ3) is 4.81. The maximum Gasteiger partial charge on any atom is 0.182 e. The highest BCUT2D eigenvalue weighted by Gasteiger charge is 2.10. The molecule has 7 heteroatoms. The number of hydrogen-bond acceptors (Lipinski definition) is 5. The van der Waals surface area contributed by atoms with Crippen molar-refractivity contribution in [2.24, 2.45) is 0 Å². The van der Waals surface area contributed by atoms with Gasteiger partial charge in [0.15, 0.2) is 16.6 Å². The Bertz CT molecular complexity index is 837. The number of thiazole rings is 1. The van der Waals surface area contributed by atoms with Crippen LogP contribution in [0.4, 0.5) is 5.13 Å². The van der Waals surface area contributed by atoms with Crippen molar-refractivity contribution in [3.05, 3.63) is 69.1 Å². The van der Waals surface area contributed by atoms with E-state index in [1.165, 1.54) is 0 Å². The highest BCUT2D eigenvalue weighted by atomic mass is 35.5. The Morgan fingerprint density at radius 1 is 1.08 bits per heavy atom. The summed E-state index contributed by atoms with van der Waals surface area (Å²) in [6.45, 7) is 3.42. The normalized spacial score (nSPS) is 10.6. The molecule has 0 saturated carbocycles. The van der Waals surface area contributed by atoms with Crippen molar-refractivity contribution in [1.82, 2.24) is 4.98 Å². The van der Waals surface area contributed by atoms with E-state index in [0.717, 1.165) is 16.3 Å². The molecule has 0 unspecified atom stereocenters. The maximum atomic E-state index is 6.20. The zero-order chi connectivity index (χ0) is 18.4. The number of nitrogens with one attached hydrogen (secondary N) is 1. The second kappa shape index (κ2) is 9.12. The van der Waals surface area contributed by atoms with E-state index in [2.05, 4.69) is 10.3 Å². The van der Waals surface area contributed by atoms with Crippen LogP contribution in [-0.4, -0.2) is 11.6 Å². The standard InChI is InChI=1S/C19H18Cl2N2O2S/c1-2-24-18-10-13(11-23-19-22-8-9-26-19)6-7-17(18)25-12-14-15(20)4-3-5-16(14)21/h3-10H,2,11-12H2,1H3,(H,22,23). The molecule has 0 atom stereocenters. The van der Waals surface area contributed by atoms with E-state index in [9.17, 15) is 0 Å². The Hall–Kier alpha value is -1.95. The molecule has 1 N–H and O–H groups in total. The van der Waals surface area contributed by atoms with Crippen molar-refractivity contribution in [2.45, 2.75) is 20.1 Å². The van der Waals surface area contributed by atoms with Crippen LogP contribution in [0.3, 0.4) is 0 Å². The van der Waals surface area contributed by atoms with Crippen LogP contribution in [0, 0.1) is 0 Å².